The summed E-state index contributed by atoms with van der Waals surface area (Å²) >= 11 is 0. The average molecular weight is 511 g/mol. The highest BCUT2D eigenvalue weighted by Crippen LogP contribution is 2.42. The van der Waals surface area contributed by atoms with Gasteiger partial charge in [-0.15, -0.1) is 5.54 Å². The Kier molecular flexibility index (Phi) is 6.78. The number of amides is 1. The fourth-order valence-electron chi connectivity index (χ4n) is 5.18. The summed E-state index contributed by atoms with van der Waals surface area (Å²) in [5, 5.41) is 5.16. The minimum absolute atomic E-state index is 0.0818. The van der Waals surface area contributed by atoms with Gasteiger partial charge in [0, 0.05) is 28.2 Å². The van der Waals surface area contributed by atoms with Crippen molar-refractivity contribution in [3.8, 4) is 22.9 Å². The number of carbonyl (C=O) groups excluding carboxylic acids is 1. The number of rotatable bonds is 5. The van der Waals surface area contributed by atoms with Gasteiger partial charge in [0.1, 0.15) is 8.07 Å². The Hall–Kier alpha value is -3.63. The van der Waals surface area contributed by atoms with Gasteiger partial charge < -0.3 is 14.4 Å². The number of fused-ring (bicyclic) bond motifs is 3. The fourth-order valence-corrected chi connectivity index (χ4v) is 5.66. The predicted molar refractivity (Wildman–Crippen MR) is 150 cm³/mol. The van der Waals surface area contributed by atoms with Gasteiger partial charge in [-0.3, -0.25) is 4.79 Å². The third-order valence-corrected chi connectivity index (χ3v) is 7.78. The standard InChI is InChI=1S/C30H34N4O2Si/c1-6-7-10-23-19-25-24-11-8-9-12-26(24)32-28(25)29(34(23)27(35)17-18-37(3,4)5)21-13-15-22(16-14-21)30-31-20(2)33-36-30/h8-9,11-16,23,29,32H,6-7,10,19H2,1-5H3/t23-,29-/m0/s1. The Bertz CT molecular complexity index is 1480. The summed E-state index contributed by atoms with van der Waals surface area (Å²) in [5.74, 6) is 4.06. The number of para-hydroxylation sites is 1. The second-order valence-electron chi connectivity index (χ2n) is 10.9. The lowest BCUT2D eigenvalue weighted by Crippen LogP contribution is -2.47. The fraction of sp³-hybridized carbons (Fsp3) is 0.367. The molecule has 2 atom stereocenters. The number of hydrogen-bond acceptors (Lipinski definition) is 4. The summed E-state index contributed by atoms with van der Waals surface area (Å²) in [4.78, 5) is 23.9. The van der Waals surface area contributed by atoms with Crippen molar-refractivity contribution in [1.29, 1.82) is 0 Å². The van der Waals surface area contributed by atoms with Crippen LogP contribution < -0.4 is 0 Å². The molecule has 190 valence electrons. The molecule has 0 bridgehead atoms. The first-order valence-corrected chi connectivity index (χ1v) is 16.6. The molecule has 4 aromatic rings. The Morgan fingerprint density at radius 1 is 1.16 bits per heavy atom. The van der Waals surface area contributed by atoms with E-state index >= 15 is 0 Å². The van der Waals surface area contributed by atoms with E-state index in [-0.39, 0.29) is 18.0 Å². The van der Waals surface area contributed by atoms with E-state index in [9.17, 15) is 4.79 Å². The summed E-state index contributed by atoms with van der Waals surface area (Å²) < 4.78 is 5.37. The highest BCUT2D eigenvalue weighted by atomic mass is 28.3. The zero-order chi connectivity index (χ0) is 26.2. The van der Waals surface area contributed by atoms with Crippen LogP contribution in [-0.2, 0) is 11.2 Å². The molecule has 2 aromatic heterocycles. The second kappa shape index (κ2) is 10.0. The van der Waals surface area contributed by atoms with E-state index in [1.165, 1.54) is 10.9 Å². The van der Waals surface area contributed by atoms with Crippen LogP contribution >= 0.6 is 0 Å². The summed E-state index contributed by atoms with van der Waals surface area (Å²) in [7, 11) is -1.71. The van der Waals surface area contributed by atoms with Crippen LogP contribution in [0.1, 0.15) is 54.9 Å². The molecule has 0 aliphatic carbocycles. The quantitative estimate of drug-likeness (QED) is 0.248. The number of carbonyl (C=O) groups is 1. The summed E-state index contributed by atoms with van der Waals surface area (Å²) in [5.41, 5.74) is 8.70. The molecule has 3 heterocycles. The number of aromatic amines is 1. The maximum atomic E-state index is 13.8. The Morgan fingerprint density at radius 2 is 1.92 bits per heavy atom. The van der Waals surface area contributed by atoms with Crippen molar-refractivity contribution < 1.29 is 9.32 Å². The largest absolute Gasteiger partial charge is 0.356 e. The van der Waals surface area contributed by atoms with Gasteiger partial charge in [0.25, 0.3) is 11.8 Å². The van der Waals surface area contributed by atoms with Gasteiger partial charge in [-0.2, -0.15) is 4.98 Å². The number of benzene rings is 2. The molecule has 5 rings (SSSR count). The van der Waals surface area contributed by atoms with Crippen molar-refractivity contribution in [2.45, 2.75) is 71.3 Å². The highest BCUT2D eigenvalue weighted by Gasteiger charge is 2.39. The zero-order valence-corrected chi connectivity index (χ0v) is 23.3. The van der Waals surface area contributed by atoms with Gasteiger partial charge in [0.2, 0.25) is 0 Å². The lowest BCUT2D eigenvalue weighted by Gasteiger charge is -2.41. The molecule has 0 spiro atoms. The topological polar surface area (TPSA) is 75.0 Å². The molecule has 0 saturated carbocycles. The minimum atomic E-state index is -1.71. The van der Waals surface area contributed by atoms with Gasteiger partial charge in [0.05, 0.1) is 6.04 Å². The van der Waals surface area contributed by atoms with E-state index in [4.69, 9.17) is 4.52 Å². The minimum Gasteiger partial charge on any atom is -0.356 e. The molecule has 1 aliphatic rings. The normalized spacial score (nSPS) is 17.4. The van der Waals surface area contributed by atoms with Gasteiger partial charge in [-0.05, 0) is 55.0 Å². The molecule has 7 heteroatoms. The lowest BCUT2D eigenvalue weighted by molar-refractivity contribution is -0.130. The Morgan fingerprint density at radius 3 is 2.59 bits per heavy atom. The molecule has 6 nitrogen and oxygen atoms in total. The second-order valence-corrected chi connectivity index (χ2v) is 15.7. The summed E-state index contributed by atoms with van der Waals surface area (Å²) in [6.45, 7) is 10.5. The number of hydrogen-bond donors (Lipinski definition) is 1. The molecular formula is C30H34N4O2Si. The Balaban J connectivity index is 1.65. The van der Waals surface area contributed by atoms with Crippen LogP contribution in [0.4, 0.5) is 0 Å². The lowest BCUT2D eigenvalue weighted by atomic mass is 9.86. The first kappa shape index (κ1) is 25.0. The van der Waals surface area contributed by atoms with E-state index < -0.39 is 8.07 Å². The maximum absolute atomic E-state index is 13.8. The van der Waals surface area contributed by atoms with Crippen molar-refractivity contribution in [2.24, 2.45) is 0 Å². The average Bonchev–Trinajstić information content (AvgIpc) is 3.48. The molecule has 1 aliphatic heterocycles. The molecule has 0 fully saturated rings. The predicted octanol–water partition coefficient (Wildman–Crippen LogP) is 6.44. The van der Waals surface area contributed by atoms with Crippen LogP contribution in [0.2, 0.25) is 19.6 Å². The molecular weight excluding hydrogens is 476 g/mol. The monoisotopic (exact) mass is 510 g/mol. The van der Waals surface area contributed by atoms with Gasteiger partial charge in [0.15, 0.2) is 5.82 Å². The first-order chi connectivity index (χ1) is 17.7. The van der Waals surface area contributed by atoms with Gasteiger partial charge in [-0.1, -0.05) is 74.9 Å². The third kappa shape index (κ3) is 5.12. The summed E-state index contributed by atoms with van der Waals surface area (Å²) in [6.07, 6.45) is 3.93. The highest BCUT2D eigenvalue weighted by molar-refractivity contribution is 6.84. The molecule has 2 aromatic carbocycles. The Labute approximate surface area is 219 Å². The molecule has 1 N–H and O–H groups in total. The number of nitrogens with zero attached hydrogens (tertiary/aromatic N) is 3. The SMILES string of the molecule is CCCC[C@H]1Cc2c([nH]c3ccccc23)[C@H](c2ccc(-c3nc(C)no3)cc2)N1C(=O)C#C[Si](C)(C)C. The van der Waals surface area contributed by atoms with Crippen LogP contribution in [0.15, 0.2) is 53.1 Å². The molecule has 1 amide bonds. The summed E-state index contributed by atoms with van der Waals surface area (Å²) in [6, 6.07) is 16.4. The van der Waals surface area contributed by atoms with E-state index in [0.717, 1.165) is 48.0 Å². The number of H-pyrrole nitrogens is 1. The smallest absolute Gasteiger partial charge is 0.298 e. The first-order valence-electron chi connectivity index (χ1n) is 13.1. The van der Waals surface area contributed by atoms with Gasteiger partial charge >= 0.3 is 0 Å². The van der Waals surface area contributed by atoms with Crippen molar-refractivity contribution in [2.75, 3.05) is 0 Å². The molecule has 0 unspecified atom stereocenters. The number of unbranched alkanes of at least 4 members (excludes halogenated alkanes) is 1. The van der Waals surface area contributed by atoms with Crippen molar-refractivity contribution in [3.63, 3.8) is 0 Å². The van der Waals surface area contributed by atoms with Crippen LogP contribution in [0.5, 0.6) is 0 Å². The number of aryl methyl sites for hydroxylation is 1. The van der Waals surface area contributed by atoms with Crippen molar-refractivity contribution >= 4 is 24.9 Å². The molecule has 37 heavy (non-hydrogen) atoms. The van der Waals surface area contributed by atoms with Crippen LogP contribution in [0.3, 0.4) is 0 Å². The molecule has 0 radical (unpaired) electrons. The van der Waals surface area contributed by atoms with Crippen LogP contribution in [-0.4, -0.2) is 40.0 Å². The third-order valence-electron chi connectivity index (χ3n) is 6.90. The van der Waals surface area contributed by atoms with Crippen LogP contribution in [0.25, 0.3) is 22.4 Å². The molecule has 0 saturated heterocycles. The van der Waals surface area contributed by atoms with E-state index in [2.05, 4.69) is 89.6 Å². The number of aromatic nitrogens is 3. The maximum Gasteiger partial charge on any atom is 0.298 e. The van der Waals surface area contributed by atoms with Crippen LogP contribution in [0, 0.1) is 18.4 Å². The van der Waals surface area contributed by atoms with Crippen molar-refractivity contribution in [1.82, 2.24) is 20.0 Å². The van der Waals surface area contributed by atoms with Gasteiger partial charge in [-0.25, -0.2) is 0 Å². The van der Waals surface area contributed by atoms with Crippen molar-refractivity contribution in [3.05, 3.63) is 71.2 Å². The number of nitrogens with one attached hydrogen (secondary N) is 1. The van der Waals surface area contributed by atoms with E-state index in [1.807, 2.05) is 24.0 Å². The van der Waals surface area contributed by atoms with E-state index in [0.29, 0.717) is 11.7 Å². The zero-order valence-electron chi connectivity index (χ0n) is 22.3. The van der Waals surface area contributed by atoms with E-state index in [1.54, 1.807) is 0 Å².